The van der Waals surface area contributed by atoms with E-state index >= 15 is 0 Å². The molecular formula is C9H15ClO2. The lowest BCUT2D eigenvalue weighted by atomic mass is 10.1. The molecule has 0 amide bonds. The van der Waals surface area contributed by atoms with E-state index in [1.807, 2.05) is 0 Å². The average molecular weight is 191 g/mol. The zero-order chi connectivity index (χ0) is 8.44. The molecule has 2 aliphatic rings. The minimum absolute atomic E-state index is 0.337. The highest BCUT2D eigenvalue weighted by atomic mass is 35.5. The summed E-state index contributed by atoms with van der Waals surface area (Å²) < 4.78 is 10.9. The molecule has 1 atom stereocenters. The molecule has 1 heterocycles. The molecule has 0 radical (unpaired) electrons. The second-order valence-electron chi connectivity index (χ2n) is 3.93. The van der Waals surface area contributed by atoms with Crippen molar-refractivity contribution in [3.8, 4) is 0 Å². The van der Waals surface area contributed by atoms with E-state index in [2.05, 4.69) is 0 Å². The second kappa shape index (κ2) is 3.52. The Morgan fingerprint density at radius 3 is 2.83 bits per heavy atom. The van der Waals surface area contributed by atoms with Crippen LogP contribution in [-0.2, 0) is 9.47 Å². The van der Waals surface area contributed by atoms with Crippen molar-refractivity contribution in [1.82, 2.24) is 0 Å². The fourth-order valence-corrected chi connectivity index (χ4v) is 1.78. The summed E-state index contributed by atoms with van der Waals surface area (Å²) in [5.41, 5.74) is 0.337. The van der Waals surface area contributed by atoms with Gasteiger partial charge < -0.3 is 9.47 Å². The second-order valence-corrected chi connectivity index (χ2v) is 4.20. The van der Waals surface area contributed by atoms with Crippen LogP contribution in [0, 0.1) is 5.41 Å². The maximum absolute atomic E-state index is 5.83. The monoisotopic (exact) mass is 190 g/mol. The highest BCUT2D eigenvalue weighted by Gasteiger charge is 2.42. The molecular weight excluding hydrogens is 176 g/mol. The molecule has 1 saturated carbocycles. The maximum Gasteiger partial charge on any atom is 0.0830 e. The molecule has 2 nitrogen and oxygen atoms in total. The van der Waals surface area contributed by atoms with Crippen LogP contribution in [0.1, 0.15) is 19.3 Å². The summed E-state index contributed by atoms with van der Waals surface area (Å²) in [7, 11) is 0. The van der Waals surface area contributed by atoms with Gasteiger partial charge in [0.15, 0.2) is 0 Å². The number of ether oxygens (including phenoxy) is 2. The van der Waals surface area contributed by atoms with E-state index in [1.54, 1.807) is 0 Å². The Bertz CT molecular complexity index is 151. The van der Waals surface area contributed by atoms with E-state index < -0.39 is 0 Å². The summed E-state index contributed by atoms with van der Waals surface area (Å²) in [4.78, 5) is 0. The first-order valence-corrected chi connectivity index (χ1v) is 5.13. The number of hydrogen-bond donors (Lipinski definition) is 0. The Kier molecular flexibility index (Phi) is 2.58. The van der Waals surface area contributed by atoms with Gasteiger partial charge in [-0.25, -0.2) is 0 Å². The lowest BCUT2D eigenvalue weighted by Crippen LogP contribution is -2.20. The van der Waals surface area contributed by atoms with Crippen LogP contribution in [0.4, 0.5) is 0 Å². The fraction of sp³-hybridized carbons (Fsp3) is 1.00. The molecule has 0 N–H and O–H groups in total. The van der Waals surface area contributed by atoms with Gasteiger partial charge in [-0.15, -0.1) is 11.6 Å². The van der Waals surface area contributed by atoms with Gasteiger partial charge in [0.25, 0.3) is 0 Å². The minimum Gasteiger partial charge on any atom is -0.379 e. The molecule has 0 aromatic heterocycles. The molecule has 0 aromatic rings. The first-order chi connectivity index (χ1) is 5.85. The van der Waals surface area contributed by atoms with Gasteiger partial charge in [0, 0.05) is 17.9 Å². The first-order valence-electron chi connectivity index (χ1n) is 4.60. The van der Waals surface area contributed by atoms with Crippen molar-refractivity contribution in [1.29, 1.82) is 0 Å². The van der Waals surface area contributed by atoms with E-state index in [-0.39, 0.29) is 0 Å². The third-order valence-corrected chi connectivity index (χ3v) is 3.32. The highest BCUT2D eigenvalue weighted by Crippen LogP contribution is 2.47. The van der Waals surface area contributed by atoms with Gasteiger partial charge in [-0.05, 0) is 19.3 Å². The van der Waals surface area contributed by atoms with Crippen LogP contribution in [0.2, 0.25) is 0 Å². The Hall–Kier alpha value is 0.210. The Balaban J connectivity index is 1.67. The standard InChI is InChI=1S/C9H15ClO2/c10-6-9(2-3-9)7-12-8-1-4-11-5-8/h8H,1-7H2. The van der Waals surface area contributed by atoms with Crippen molar-refractivity contribution in [3.63, 3.8) is 0 Å². The minimum atomic E-state index is 0.337. The average Bonchev–Trinajstić information content (AvgIpc) is 2.70. The van der Waals surface area contributed by atoms with Crippen LogP contribution < -0.4 is 0 Å². The van der Waals surface area contributed by atoms with Crippen molar-refractivity contribution in [2.45, 2.75) is 25.4 Å². The molecule has 1 aliphatic heterocycles. The molecule has 2 rings (SSSR count). The third kappa shape index (κ3) is 1.93. The van der Waals surface area contributed by atoms with Gasteiger partial charge in [-0.1, -0.05) is 0 Å². The zero-order valence-electron chi connectivity index (χ0n) is 7.22. The Morgan fingerprint density at radius 2 is 2.33 bits per heavy atom. The van der Waals surface area contributed by atoms with Crippen LogP contribution in [-0.4, -0.2) is 31.8 Å². The van der Waals surface area contributed by atoms with Crippen molar-refractivity contribution >= 4 is 11.6 Å². The molecule has 0 spiro atoms. The van der Waals surface area contributed by atoms with Crippen molar-refractivity contribution < 1.29 is 9.47 Å². The van der Waals surface area contributed by atoms with E-state index in [1.165, 1.54) is 12.8 Å². The summed E-state index contributed by atoms with van der Waals surface area (Å²) >= 11 is 5.83. The molecule has 3 heteroatoms. The van der Waals surface area contributed by atoms with Crippen molar-refractivity contribution in [2.24, 2.45) is 5.41 Å². The smallest absolute Gasteiger partial charge is 0.0830 e. The van der Waals surface area contributed by atoms with E-state index in [4.69, 9.17) is 21.1 Å². The number of rotatable bonds is 4. The highest BCUT2D eigenvalue weighted by molar-refractivity contribution is 6.18. The van der Waals surface area contributed by atoms with Crippen LogP contribution in [0.5, 0.6) is 0 Å². The quantitative estimate of drug-likeness (QED) is 0.630. The van der Waals surface area contributed by atoms with E-state index in [0.717, 1.165) is 32.1 Å². The predicted octanol–water partition coefficient (Wildman–Crippen LogP) is 1.81. The van der Waals surface area contributed by atoms with Crippen LogP contribution in [0.25, 0.3) is 0 Å². The third-order valence-electron chi connectivity index (χ3n) is 2.75. The van der Waals surface area contributed by atoms with Crippen LogP contribution >= 0.6 is 11.6 Å². The van der Waals surface area contributed by atoms with Crippen LogP contribution in [0.3, 0.4) is 0 Å². The number of hydrogen-bond acceptors (Lipinski definition) is 2. The largest absolute Gasteiger partial charge is 0.379 e. The summed E-state index contributed by atoms with van der Waals surface area (Å²) in [5.74, 6) is 0.751. The summed E-state index contributed by atoms with van der Waals surface area (Å²) in [5, 5.41) is 0. The van der Waals surface area contributed by atoms with E-state index in [9.17, 15) is 0 Å². The van der Waals surface area contributed by atoms with E-state index in [0.29, 0.717) is 11.5 Å². The molecule has 1 unspecified atom stereocenters. The molecule has 2 fully saturated rings. The maximum atomic E-state index is 5.83. The topological polar surface area (TPSA) is 18.5 Å². The Labute approximate surface area is 78.2 Å². The zero-order valence-corrected chi connectivity index (χ0v) is 7.98. The van der Waals surface area contributed by atoms with Crippen molar-refractivity contribution in [2.75, 3.05) is 25.7 Å². The van der Waals surface area contributed by atoms with Gasteiger partial charge in [0.2, 0.25) is 0 Å². The summed E-state index contributed by atoms with van der Waals surface area (Å²) in [6, 6.07) is 0. The summed E-state index contributed by atoms with van der Waals surface area (Å²) in [6.07, 6.45) is 3.87. The van der Waals surface area contributed by atoms with Crippen molar-refractivity contribution in [3.05, 3.63) is 0 Å². The fourth-order valence-electron chi connectivity index (χ4n) is 1.43. The first kappa shape index (κ1) is 8.79. The van der Waals surface area contributed by atoms with Gasteiger partial charge in [-0.2, -0.15) is 0 Å². The summed E-state index contributed by atoms with van der Waals surface area (Å²) in [6.45, 7) is 2.47. The molecule has 70 valence electrons. The predicted molar refractivity (Wildman–Crippen MR) is 47.6 cm³/mol. The number of halogens is 1. The van der Waals surface area contributed by atoms with Gasteiger partial charge >= 0.3 is 0 Å². The molecule has 0 bridgehead atoms. The van der Waals surface area contributed by atoms with Gasteiger partial charge in [0.05, 0.1) is 19.3 Å². The van der Waals surface area contributed by atoms with Crippen LogP contribution in [0.15, 0.2) is 0 Å². The van der Waals surface area contributed by atoms with Gasteiger partial charge in [-0.3, -0.25) is 0 Å². The lowest BCUT2D eigenvalue weighted by molar-refractivity contribution is 0.0203. The van der Waals surface area contributed by atoms with Gasteiger partial charge in [0.1, 0.15) is 0 Å². The number of alkyl halides is 1. The molecule has 1 saturated heterocycles. The Morgan fingerprint density at radius 1 is 1.50 bits per heavy atom. The molecule has 0 aromatic carbocycles. The molecule has 12 heavy (non-hydrogen) atoms. The molecule has 1 aliphatic carbocycles. The lowest BCUT2D eigenvalue weighted by Gasteiger charge is -2.15. The normalized spacial score (nSPS) is 32.2. The SMILES string of the molecule is ClCC1(COC2CCOC2)CC1.